The highest BCUT2D eigenvalue weighted by atomic mass is 16.5. The standard InChI is InChI=1S/C26H39N3O3.CH4/c1-17-8-9-20-15-22(26(31)32-4)25(21(20)14-17)27-24(30)16-28-10-12-29(13-11-28)23-7-5-6-18(2)19(23)3;/h5-7,17,20-22,25H,8-16H2,1-4H3,(H,27,30);1H4. The van der Waals surface area contributed by atoms with Gasteiger partial charge < -0.3 is 15.0 Å². The number of amides is 1. The molecule has 1 heterocycles. The Hall–Kier alpha value is -2.08. The van der Waals surface area contributed by atoms with Crippen molar-refractivity contribution >= 4 is 17.6 Å². The second-order valence-electron chi connectivity index (χ2n) is 10.3. The van der Waals surface area contributed by atoms with Crippen molar-refractivity contribution in [2.24, 2.45) is 23.7 Å². The molecule has 1 amide bonds. The van der Waals surface area contributed by atoms with Gasteiger partial charge in [0.15, 0.2) is 0 Å². The molecule has 2 aliphatic carbocycles. The van der Waals surface area contributed by atoms with Crippen LogP contribution >= 0.6 is 0 Å². The molecule has 1 aliphatic heterocycles. The number of anilines is 1. The molecule has 6 heteroatoms. The van der Waals surface area contributed by atoms with Crippen molar-refractivity contribution in [1.29, 1.82) is 0 Å². The summed E-state index contributed by atoms with van der Waals surface area (Å²) < 4.78 is 5.09. The number of hydrogen-bond acceptors (Lipinski definition) is 5. The predicted octanol–water partition coefficient (Wildman–Crippen LogP) is 3.79. The minimum Gasteiger partial charge on any atom is -0.469 e. The molecule has 1 aromatic rings. The average Bonchev–Trinajstić information content (AvgIpc) is 3.13. The van der Waals surface area contributed by atoms with Crippen LogP contribution in [0.15, 0.2) is 18.2 Å². The van der Waals surface area contributed by atoms with Crippen molar-refractivity contribution in [3.63, 3.8) is 0 Å². The molecule has 4 rings (SSSR count). The van der Waals surface area contributed by atoms with Crippen LogP contribution in [0.5, 0.6) is 0 Å². The number of piperazine rings is 1. The summed E-state index contributed by atoms with van der Waals surface area (Å²) in [7, 11) is 1.46. The Labute approximate surface area is 200 Å². The minimum atomic E-state index is -0.203. The summed E-state index contributed by atoms with van der Waals surface area (Å²) >= 11 is 0. The Kier molecular flexibility index (Phi) is 8.43. The third-order valence-corrected chi connectivity index (χ3v) is 8.25. The average molecular weight is 458 g/mol. The lowest BCUT2D eigenvalue weighted by atomic mass is 9.75. The van der Waals surface area contributed by atoms with Gasteiger partial charge in [-0.25, -0.2) is 0 Å². The van der Waals surface area contributed by atoms with Gasteiger partial charge in [-0.2, -0.15) is 0 Å². The number of esters is 1. The molecule has 3 aliphatic rings. The smallest absolute Gasteiger partial charge is 0.310 e. The molecule has 0 bridgehead atoms. The number of rotatable bonds is 5. The summed E-state index contributed by atoms with van der Waals surface area (Å²) in [6.07, 6.45) is 4.33. The maximum Gasteiger partial charge on any atom is 0.310 e. The molecule has 184 valence electrons. The molecule has 3 fully saturated rings. The Bertz CT molecular complexity index is 834. The van der Waals surface area contributed by atoms with Crippen LogP contribution in [0.1, 0.15) is 51.2 Å². The zero-order chi connectivity index (χ0) is 22.8. The van der Waals surface area contributed by atoms with Crippen molar-refractivity contribution < 1.29 is 14.3 Å². The fraction of sp³-hybridized carbons (Fsp3) is 0.704. The van der Waals surface area contributed by atoms with Crippen LogP contribution in [-0.4, -0.2) is 62.7 Å². The molecule has 0 spiro atoms. The second-order valence-corrected chi connectivity index (χ2v) is 10.3. The fourth-order valence-corrected chi connectivity index (χ4v) is 6.25. The van der Waals surface area contributed by atoms with Gasteiger partial charge in [0.2, 0.25) is 5.91 Å². The van der Waals surface area contributed by atoms with Crippen molar-refractivity contribution in [1.82, 2.24) is 10.2 Å². The molecule has 5 atom stereocenters. The molecule has 2 saturated carbocycles. The van der Waals surface area contributed by atoms with Crippen molar-refractivity contribution in [3.05, 3.63) is 29.3 Å². The summed E-state index contributed by atoms with van der Waals surface area (Å²) in [5.74, 6) is 1.26. The lowest BCUT2D eigenvalue weighted by Gasteiger charge is -2.37. The molecule has 0 aromatic heterocycles. The number of hydrogen-bond donors (Lipinski definition) is 1. The lowest BCUT2D eigenvalue weighted by molar-refractivity contribution is -0.146. The van der Waals surface area contributed by atoms with Gasteiger partial charge in [-0.05, 0) is 68.1 Å². The number of aryl methyl sites for hydroxylation is 1. The van der Waals surface area contributed by atoms with Crippen LogP contribution in [0.3, 0.4) is 0 Å². The van der Waals surface area contributed by atoms with Gasteiger partial charge >= 0.3 is 5.97 Å². The number of methoxy groups -OCH3 is 1. The van der Waals surface area contributed by atoms with Gasteiger partial charge in [-0.3, -0.25) is 14.5 Å². The SMILES string of the molecule is C.COC(=O)C1CC2CCC(C)CC2C1NC(=O)CN1CCN(c2cccc(C)c2C)CC1. The molecular formula is C27H43N3O3. The Balaban J connectivity index is 0.00000306. The zero-order valence-corrected chi connectivity index (χ0v) is 20.1. The van der Waals surface area contributed by atoms with Gasteiger partial charge in [0, 0.05) is 37.9 Å². The first kappa shape index (κ1) is 25.5. The van der Waals surface area contributed by atoms with Gasteiger partial charge in [0.1, 0.15) is 0 Å². The van der Waals surface area contributed by atoms with Gasteiger partial charge in [0.05, 0.1) is 19.6 Å². The molecule has 1 saturated heterocycles. The van der Waals surface area contributed by atoms with Crippen molar-refractivity contribution in [3.8, 4) is 0 Å². The molecule has 33 heavy (non-hydrogen) atoms. The Morgan fingerprint density at radius 2 is 1.82 bits per heavy atom. The number of benzene rings is 1. The van der Waals surface area contributed by atoms with E-state index in [1.54, 1.807) is 0 Å². The van der Waals surface area contributed by atoms with Gasteiger partial charge in [0.25, 0.3) is 0 Å². The zero-order valence-electron chi connectivity index (χ0n) is 20.1. The van der Waals surface area contributed by atoms with Crippen LogP contribution in [0.25, 0.3) is 0 Å². The molecule has 0 radical (unpaired) electrons. The lowest BCUT2D eigenvalue weighted by Crippen LogP contribution is -2.52. The van der Waals surface area contributed by atoms with Crippen LogP contribution in [0.4, 0.5) is 5.69 Å². The van der Waals surface area contributed by atoms with E-state index < -0.39 is 0 Å². The van der Waals surface area contributed by atoms with Crippen molar-refractivity contribution in [2.45, 2.75) is 59.9 Å². The molecule has 1 aromatic carbocycles. The highest BCUT2D eigenvalue weighted by Gasteiger charge is 2.49. The minimum absolute atomic E-state index is 0. The number of nitrogens with one attached hydrogen (secondary N) is 1. The van der Waals surface area contributed by atoms with Gasteiger partial charge in [-0.1, -0.05) is 32.9 Å². The predicted molar refractivity (Wildman–Crippen MR) is 133 cm³/mol. The van der Waals surface area contributed by atoms with Crippen LogP contribution in [0.2, 0.25) is 0 Å². The third-order valence-electron chi connectivity index (χ3n) is 8.25. The number of fused-ring (bicyclic) bond motifs is 1. The first-order valence-corrected chi connectivity index (χ1v) is 12.3. The highest BCUT2D eigenvalue weighted by molar-refractivity contribution is 5.80. The maximum atomic E-state index is 13.0. The topological polar surface area (TPSA) is 61.9 Å². The van der Waals surface area contributed by atoms with Gasteiger partial charge in [-0.15, -0.1) is 0 Å². The first-order valence-electron chi connectivity index (χ1n) is 12.3. The summed E-state index contributed by atoms with van der Waals surface area (Å²) in [5, 5.41) is 3.28. The number of carbonyl (C=O) groups is 2. The van der Waals surface area contributed by atoms with E-state index in [0.717, 1.165) is 45.4 Å². The summed E-state index contributed by atoms with van der Waals surface area (Å²) in [4.78, 5) is 30.1. The number of ether oxygens (including phenoxy) is 1. The molecule has 6 nitrogen and oxygen atoms in total. The Morgan fingerprint density at radius 1 is 1.09 bits per heavy atom. The monoisotopic (exact) mass is 457 g/mol. The van der Waals surface area contributed by atoms with Crippen LogP contribution in [0, 0.1) is 37.5 Å². The van der Waals surface area contributed by atoms with E-state index in [1.165, 1.54) is 30.3 Å². The molecular weight excluding hydrogens is 414 g/mol. The highest BCUT2D eigenvalue weighted by Crippen LogP contribution is 2.47. The first-order chi connectivity index (χ1) is 15.4. The summed E-state index contributed by atoms with van der Waals surface area (Å²) in [6.45, 7) is 10.6. The van der Waals surface area contributed by atoms with Crippen molar-refractivity contribution in [2.75, 3.05) is 44.7 Å². The summed E-state index contributed by atoms with van der Waals surface area (Å²) in [6, 6.07) is 6.39. The molecule has 5 unspecified atom stereocenters. The second kappa shape index (κ2) is 10.9. The van der Waals surface area contributed by atoms with E-state index >= 15 is 0 Å². The normalized spacial score (nSPS) is 29.7. The van der Waals surface area contributed by atoms with E-state index in [1.807, 2.05) is 0 Å². The third kappa shape index (κ3) is 5.53. The van der Waals surface area contributed by atoms with E-state index in [-0.39, 0.29) is 31.3 Å². The largest absolute Gasteiger partial charge is 0.469 e. The van der Waals surface area contributed by atoms with Crippen LogP contribution in [-0.2, 0) is 14.3 Å². The van der Waals surface area contributed by atoms with E-state index in [9.17, 15) is 9.59 Å². The van der Waals surface area contributed by atoms with E-state index in [0.29, 0.717) is 24.3 Å². The quantitative estimate of drug-likeness (QED) is 0.682. The summed E-state index contributed by atoms with van der Waals surface area (Å²) in [5.41, 5.74) is 3.96. The molecule has 1 N–H and O–H groups in total. The number of nitrogens with zero attached hydrogens (tertiary/aromatic N) is 2. The van der Waals surface area contributed by atoms with Crippen LogP contribution < -0.4 is 10.2 Å². The fourth-order valence-electron chi connectivity index (χ4n) is 6.25. The Morgan fingerprint density at radius 3 is 2.52 bits per heavy atom. The van der Waals surface area contributed by atoms with E-state index in [4.69, 9.17) is 4.74 Å². The van der Waals surface area contributed by atoms with E-state index in [2.05, 4.69) is 54.1 Å². The number of carbonyl (C=O) groups excluding carboxylic acids is 2. The maximum absolute atomic E-state index is 13.0.